The Labute approximate surface area is 128 Å². The van der Waals surface area contributed by atoms with E-state index in [-0.39, 0.29) is 12.0 Å². The van der Waals surface area contributed by atoms with Crippen molar-refractivity contribution in [3.8, 4) is 0 Å². The van der Waals surface area contributed by atoms with Crippen molar-refractivity contribution in [1.82, 2.24) is 15.5 Å². The number of allylic oxidation sites excluding steroid dienone is 1. The molecule has 0 bridgehead atoms. The summed E-state index contributed by atoms with van der Waals surface area (Å²) in [7, 11) is 2.10. The first-order valence-electron chi connectivity index (χ1n) is 8.19. The number of carbonyl (C=O) groups is 1. The molecule has 1 heterocycles. The maximum Gasteiger partial charge on any atom is 0.233 e. The highest BCUT2D eigenvalue weighted by molar-refractivity contribution is 5.77. The lowest BCUT2D eigenvalue weighted by Gasteiger charge is -2.30. The molecule has 2 rings (SSSR count). The van der Waals surface area contributed by atoms with E-state index in [4.69, 9.17) is 4.74 Å². The van der Waals surface area contributed by atoms with Crippen molar-refractivity contribution in [2.75, 3.05) is 46.4 Å². The van der Waals surface area contributed by atoms with Crippen molar-refractivity contribution in [1.29, 1.82) is 0 Å². The van der Waals surface area contributed by atoms with E-state index in [1.54, 1.807) is 0 Å². The molecular formula is C16H29N3O2. The first-order chi connectivity index (χ1) is 10.2. The third-order valence-corrected chi connectivity index (χ3v) is 4.15. The molecule has 5 nitrogen and oxygen atoms in total. The average Bonchev–Trinajstić information content (AvgIpc) is 2.48. The molecule has 2 N–H and O–H groups in total. The molecule has 120 valence electrons. The van der Waals surface area contributed by atoms with Crippen molar-refractivity contribution < 1.29 is 9.53 Å². The number of morpholine rings is 1. The summed E-state index contributed by atoms with van der Waals surface area (Å²) in [5, 5.41) is 6.17. The van der Waals surface area contributed by atoms with Gasteiger partial charge in [-0.25, -0.2) is 0 Å². The zero-order valence-corrected chi connectivity index (χ0v) is 13.2. The number of hydrogen-bond acceptors (Lipinski definition) is 4. The molecule has 0 aromatic carbocycles. The van der Waals surface area contributed by atoms with Crippen molar-refractivity contribution in [2.45, 2.75) is 38.2 Å². The highest BCUT2D eigenvalue weighted by atomic mass is 16.5. The van der Waals surface area contributed by atoms with Crippen LogP contribution in [0.3, 0.4) is 0 Å². The lowest BCUT2D eigenvalue weighted by Crippen LogP contribution is -2.46. The lowest BCUT2D eigenvalue weighted by atomic mass is 9.97. The molecule has 0 saturated carbocycles. The number of likely N-dealkylation sites (N-methyl/N-ethyl adjacent to an activating group) is 1. The Balaban J connectivity index is 1.50. The summed E-state index contributed by atoms with van der Waals surface area (Å²) in [5.41, 5.74) is 1.51. The molecule has 1 saturated heterocycles. The smallest absolute Gasteiger partial charge is 0.233 e. The molecule has 0 unspecified atom stereocenters. The highest BCUT2D eigenvalue weighted by Gasteiger charge is 2.17. The molecule has 0 aromatic heterocycles. The number of ether oxygens (including phenoxy) is 1. The highest BCUT2D eigenvalue weighted by Crippen LogP contribution is 2.19. The minimum atomic E-state index is 0.0792. The van der Waals surface area contributed by atoms with E-state index in [9.17, 15) is 4.79 Å². The fraction of sp³-hybridized carbons (Fsp3) is 0.812. The fourth-order valence-electron chi connectivity index (χ4n) is 2.89. The predicted molar refractivity (Wildman–Crippen MR) is 84.3 cm³/mol. The Bertz CT molecular complexity index is 357. The van der Waals surface area contributed by atoms with Gasteiger partial charge >= 0.3 is 0 Å². The van der Waals surface area contributed by atoms with Crippen LogP contribution in [0.5, 0.6) is 0 Å². The Morgan fingerprint density at radius 1 is 1.48 bits per heavy atom. The van der Waals surface area contributed by atoms with Gasteiger partial charge in [0, 0.05) is 26.2 Å². The average molecular weight is 295 g/mol. The van der Waals surface area contributed by atoms with E-state index < -0.39 is 0 Å². The van der Waals surface area contributed by atoms with Gasteiger partial charge in [-0.05, 0) is 39.2 Å². The molecular weight excluding hydrogens is 266 g/mol. The molecule has 0 radical (unpaired) electrons. The van der Waals surface area contributed by atoms with Crippen molar-refractivity contribution in [3.05, 3.63) is 11.6 Å². The molecule has 1 fully saturated rings. The Kier molecular flexibility index (Phi) is 7.19. The minimum Gasteiger partial charge on any atom is -0.374 e. The van der Waals surface area contributed by atoms with Crippen molar-refractivity contribution >= 4 is 5.91 Å². The molecule has 21 heavy (non-hydrogen) atoms. The number of carbonyl (C=O) groups excluding carboxylic acids is 1. The normalized spacial score (nSPS) is 23.7. The monoisotopic (exact) mass is 295 g/mol. The summed E-state index contributed by atoms with van der Waals surface area (Å²) in [5.74, 6) is 0.0792. The second-order valence-electron chi connectivity index (χ2n) is 6.09. The Hall–Kier alpha value is -0.910. The molecule has 1 aliphatic carbocycles. The van der Waals surface area contributed by atoms with Gasteiger partial charge in [-0.2, -0.15) is 0 Å². The van der Waals surface area contributed by atoms with Crippen LogP contribution in [0.15, 0.2) is 11.6 Å². The molecule has 5 heteroatoms. The molecule has 1 amide bonds. The van der Waals surface area contributed by atoms with Crippen LogP contribution in [0.2, 0.25) is 0 Å². The summed E-state index contributed by atoms with van der Waals surface area (Å²) in [6.07, 6.45) is 8.58. The van der Waals surface area contributed by atoms with Crippen LogP contribution in [0.4, 0.5) is 0 Å². The van der Waals surface area contributed by atoms with E-state index in [1.807, 2.05) is 0 Å². The summed E-state index contributed by atoms with van der Waals surface area (Å²) in [6, 6.07) is 0. The zero-order valence-electron chi connectivity index (χ0n) is 13.2. The number of nitrogens with zero attached hydrogens (tertiary/aromatic N) is 1. The van der Waals surface area contributed by atoms with Gasteiger partial charge < -0.3 is 20.3 Å². The molecule has 1 aliphatic heterocycles. The third-order valence-electron chi connectivity index (χ3n) is 4.15. The summed E-state index contributed by atoms with van der Waals surface area (Å²) in [4.78, 5) is 14.0. The van der Waals surface area contributed by atoms with Gasteiger partial charge in [0.05, 0.1) is 19.3 Å². The van der Waals surface area contributed by atoms with Crippen LogP contribution >= 0.6 is 0 Å². The number of amides is 1. The largest absolute Gasteiger partial charge is 0.374 e. The topological polar surface area (TPSA) is 53.6 Å². The van der Waals surface area contributed by atoms with Crippen LogP contribution in [0, 0.1) is 0 Å². The second kappa shape index (κ2) is 9.18. The Morgan fingerprint density at radius 2 is 2.38 bits per heavy atom. The van der Waals surface area contributed by atoms with Gasteiger partial charge in [0.15, 0.2) is 0 Å². The van der Waals surface area contributed by atoms with Crippen molar-refractivity contribution in [3.63, 3.8) is 0 Å². The first kappa shape index (κ1) is 16.5. The lowest BCUT2D eigenvalue weighted by molar-refractivity contribution is -0.120. The minimum absolute atomic E-state index is 0.0792. The number of nitrogens with one attached hydrogen (secondary N) is 2. The van der Waals surface area contributed by atoms with E-state index in [2.05, 4.69) is 28.7 Å². The quantitative estimate of drug-likeness (QED) is 0.686. The third kappa shape index (κ3) is 6.59. The SMILES string of the molecule is CN1CCO[C@@H](CNCC(=O)NCCC2=CCCCC2)C1. The summed E-state index contributed by atoms with van der Waals surface area (Å²) >= 11 is 0. The summed E-state index contributed by atoms with van der Waals surface area (Å²) in [6.45, 7) is 4.58. The number of hydrogen-bond donors (Lipinski definition) is 2. The fourth-order valence-corrected chi connectivity index (χ4v) is 2.89. The van der Waals surface area contributed by atoms with E-state index in [0.717, 1.165) is 39.2 Å². The second-order valence-corrected chi connectivity index (χ2v) is 6.09. The van der Waals surface area contributed by atoms with Crippen LogP contribution in [-0.4, -0.2) is 63.3 Å². The van der Waals surface area contributed by atoms with Gasteiger partial charge in [-0.15, -0.1) is 0 Å². The molecule has 0 aromatic rings. The predicted octanol–water partition coefficient (Wildman–Crippen LogP) is 0.913. The van der Waals surface area contributed by atoms with E-state index in [1.165, 1.54) is 31.3 Å². The Morgan fingerprint density at radius 3 is 3.14 bits per heavy atom. The van der Waals surface area contributed by atoms with Crippen LogP contribution < -0.4 is 10.6 Å². The molecule has 2 aliphatic rings. The zero-order chi connectivity index (χ0) is 14.9. The van der Waals surface area contributed by atoms with Gasteiger partial charge in [0.1, 0.15) is 0 Å². The van der Waals surface area contributed by atoms with Gasteiger partial charge in [-0.1, -0.05) is 11.6 Å². The maximum atomic E-state index is 11.7. The summed E-state index contributed by atoms with van der Waals surface area (Å²) < 4.78 is 5.65. The van der Waals surface area contributed by atoms with Gasteiger partial charge in [-0.3, -0.25) is 4.79 Å². The molecule has 0 spiro atoms. The maximum absolute atomic E-state index is 11.7. The van der Waals surface area contributed by atoms with E-state index in [0.29, 0.717) is 6.54 Å². The van der Waals surface area contributed by atoms with Crippen molar-refractivity contribution in [2.24, 2.45) is 0 Å². The molecule has 1 atom stereocenters. The van der Waals surface area contributed by atoms with Crippen LogP contribution in [0.1, 0.15) is 32.1 Å². The number of rotatable bonds is 7. The standard InChI is InChI=1S/C16H29N3O2/c1-19-9-10-21-15(13-19)11-17-12-16(20)18-8-7-14-5-3-2-4-6-14/h5,15,17H,2-4,6-13H2,1H3,(H,18,20)/t15-/m0/s1. The van der Waals surface area contributed by atoms with Gasteiger partial charge in [0.25, 0.3) is 0 Å². The van der Waals surface area contributed by atoms with Crippen LogP contribution in [-0.2, 0) is 9.53 Å². The van der Waals surface area contributed by atoms with Gasteiger partial charge in [0.2, 0.25) is 5.91 Å². The van der Waals surface area contributed by atoms with E-state index >= 15 is 0 Å². The van der Waals surface area contributed by atoms with Crippen LogP contribution in [0.25, 0.3) is 0 Å². The first-order valence-corrected chi connectivity index (χ1v) is 8.19.